The van der Waals surface area contributed by atoms with E-state index in [9.17, 15) is 14.4 Å². The van der Waals surface area contributed by atoms with Crippen molar-refractivity contribution in [2.24, 2.45) is 0 Å². The molecule has 1 amide bonds. The molecule has 0 bridgehead atoms. The maximum atomic E-state index is 12.7. The quantitative estimate of drug-likeness (QED) is 0.643. The first kappa shape index (κ1) is 19.3. The number of nitrogens with zero attached hydrogens (tertiary/aromatic N) is 2. The molecule has 142 valence electrons. The van der Waals surface area contributed by atoms with Gasteiger partial charge in [-0.1, -0.05) is 41.9 Å². The normalized spacial score (nSPS) is 10.3. The van der Waals surface area contributed by atoms with Crippen LogP contribution in [0.15, 0.2) is 65.6 Å². The molecule has 0 aliphatic carbocycles. The first-order valence-electron chi connectivity index (χ1n) is 8.35. The van der Waals surface area contributed by atoms with E-state index in [1.807, 2.05) is 30.3 Å². The summed E-state index contributed by atoms with van der Waals surface area (Å²) in [6, 6.07) is 15.8. The Balaban J connectivity index is 1.81. The van der Waals surface area contributed by atoms with Gasteiger partial charge in [0.15, 0.2) is 0 Å². The number of hydrogen-bond donors (Lipinski definition) is 1. The molecule has 2 aromatic carbocycles. The van der Waals surface area contributed by atoms with Crippen LogP contribution in [0.2, 0.25) is 5.02 Å². The highest BCUT2D eigenvalue weighted by atomic mass is 35.5. The highest BCUT2D eigenvalue weighted by Gasteiger charge is 2.14. The molecule has 7 nitrogen and oxygen atoms in total. The summed E-state index contributed by atoms with van der Waals surface area (Å²) < 4.78 is 6.27. The maximum Gasteiger partial charge on any atom is 0.412 e. The van der Waals surface area contributed by atoms with Gasteiger partial charge in [-0.05, 0) is 29.8 Å². The largest absolute Gasteiger partial charge is 0.444 e. The molecule has 3 rings (SSSR count). The van der Waals surface area contributed by atoms with E-state index in [0.29, 0.717) is 16.9 Å². The van der Waals surface area contributed by atoms with Gasteiger partial charge in [0, 0.05) is 10.6 Å². The third-order valence-corrected chi connectivity index (χ3v) is 4.11. The fraction of sp³-hybridized carbons (Fsp3) is 0.100. The number of carbonyl (C=O) groups is 2. The average molecular weight is 398 g/mol. The number of hydrogen-bond acceptors (Lipinski definition) is 5. The molecule has 1 aromatic heterocycles. The van der Waals surface area contributed by atoms with E-state index in [4.69, 9.17) is 16.3 Å². The van der Waals surface area contributed by atoms with E-state index in [1.165, 1.54) is 10.8 Å². The van der Waals surface area contributed by atoms with E-state index in [-0.39, 0.29) is 24.7 Å². The smallest absolute Gasteiger partial charge is 0.412 e. The molecule has 0 spiro atoms. The summed E-state index contributed by atoms with van der Waals surface area (Å²) in [4.78, 5) is 40.0. The predicted molar refractivity (Wildman–Crippen MR) is 105 cm³/mol. The van der Waals surface area contributed by atoms with E-state index in [0.717, 1.165) is 5.56 Å². The monoisotopic (exact) mass is 397 g/mol. The van der Waals surface area contributed by atoms with Gasteiger partial charge in [-0.3, -0.25) is 14.7 Å². The minimum Gasteiger partial charge on any atom is -0.444 e. The van der Waals surface area contributed by atoms with Crippen LogP contribution in [0.1, 0.15) is 5.56 Å². The number of anilines is 1. The van der Waals surface area contributed by atoms with Crippen molar-refractivity contribution in [3.8, 4) is 11.4 Å². The number of benzene rings is 2. The molecular weight excluding hydrogens is 382 g/mol. The van der Waals surface area contributed by atoms with Crippen molar-refractivity contribution < 1.29 is 14.3 Å². The third kappa shape index (κ3) is 4.63. The molecule has 0 radical (unpaired) electrons. The summed E-state index contributed by atoms with van der Waals surface area (Å²) >= 11 is 5.88. The van der Waals surface area contributed by atoms with Gasteiger partial charge in [-0.15, -0.1) is 0 Å². The third-order valence-electron chi connectivity index (χ3n) is 3.86. The first-order valence-corrected chi connectivity index (χ1v) is 8.73. The van der Waals surface area contributed by atoms with Gasteiger partial charge in [0.05, 0.1) is 12.7 Å². The van der Waals surface area contributed by atoms with E-state index < -0.39 is 11.7 Å². The number of halogens is 1. The second kappa shape index (κ2) is 8.96. The molecule has 1 heterocycles. The van der Waals surface area contributed by atoms with Crippen LogP contribution >= 0.6 is 11.6 Å². The Bertz CT molecular complexity index is 1030. The second-order valence-electron chi connectivity index (χ2n) is 5.77. The van der Waals surface area contributed by atoms with Crippen molar-refractivity contribution in [3.63, 3.8) is 0 Å². The van der Waals surface area contributed by atoms with Crippen molar-refractivity contribution in [1.29, 1.82) is 0 Å². The van der Waals surface area contributed by atoms with Gasteiger partial charge in [0.25, 0.3) is 5.56 Å². The Morgan fingerprint density at radius 3 is 2.54 bits per heavy atom. The SMILES string of the molecule is O=CCn1c(-c2ccc(Cl)cc2)ncc(NC(=O)OCc2ccccc2)c1=O. The summed E-state index contributed by atoms with van der Waals surface area (Å²) in [5, 5.41) is 2.91. The van der Waals surface area contributed by atoms with Crippen molar-refractivity contribution >= 4 is 29.7 Å². The number of nitrogens with one attached hydrogen (secondary N) is 1. The lowest BCUT2D eigenvalue weighted by molar-refractivity contribution is -0.108. The van der Waals surface area contributed by atoms with Crippen LogP contribution in [0, 0.1) is 0 Å². The Morgan fingerprint density at radius 1 is 1.14 bits per heavy atom. The van der Waals surface area contributed by atoms with Gasteiger partial charge in [-0.2, -0.15) is 0 Å². The summed E-state index contributed by atoms with van der Waals surface area (Å²) in [6.07, 6.45) is 1.02. The lowest BCUT2D eigenvalue weighted by Gasteiger charge is -2.12. The fourth-order valence-corrected chi connectivity index (χ4v) is 2.65. The van der Waals surface area contributed by atoms with Crippen molar-refractivity contribution in [2.45, 2.75) is 13.2 Å². The van der Waals surface area contributed by atoms with Crippen molar-refractivity contribution in [1.82, 2.24) is 9.55 Å². The van der Waals surface area contributed by atoms with Gasteiger partial charge in [-0.25, -0.2) is 9.78 Å². The molecule has 0 atom stereocenters. The lowest BCUT2D eigenvalue weighted by atomic mass is 10.2. The Hall–Kier alpha value is -3.45. The molecule has 8 heteroatoms. The lowest BCUT2D eigenvalue weighted by Crippen LogP contribution is -2.28. The Morgan fingerprint density at radius 2 is 1.86 bits per heavy atom. The molecule has 0 aliphatic heterocycles. The summed E-state index contributed by atoms with van der Waals surface area (Å²) in [7, 11) is 0. The van der Waals surface area contributed by atoms with Crippen LogP contribution in [0.25, 0.3) is 11.4 Å². The van der Waals surface area contributed by atoms with Gasteiger partial charge in [0.2, 0.25) is 0 Å². The zero-order valence-corrected chi connectivity index (χ0v) is 15.4. The zero-order valence-electron chi connectivity index (χ0n) is 14.7. The maximum absolute atomic E-state index is 12.7. The highest BCUT2D eigenvalue weighted by molar-refractivity contribution is 6.30. The number of ether oxygens (including phenoxy) is 1. The summed E-state index contributed by atoms with van der Waals surface area (Å²) in [5.74, 6) is 0.289. The van der Waals surface area contributed by atoms with Crippen molar-refractivity contribution in [2.75, 3.05) is 5.32 Å². The molecule has 0 unspecified atom stereocenters. The predicted octanol–water partition coefficient (Wildman–Crippen LogP) is 3.51. The van der Waals surface area contributed by atoms with E-state index in [1.54, 1.807) is 24.3 Å². The number of aromatic nitrogens is 2. The number of aldehydes is 1. The number of amides is 1. The van der Waals surface area contributed by atoms with Gasteiger partial charge >= 0.3 is 6.09 Å². The van der Waals surface area contributed by atoms with Crippen LogP contribution in [-0.4, -0.2) is 21.9 Å². The summed E-state index contributed by atoms with van der Waals surface area (Å²) in [6.45, 7) is -0.149. The molecule has 0 fully saturated rings. The van der Waals surface area contributed by atoms with E-state index in [2.05, 4.69) is 10.3 Å². The van der Waals surface area contributed by atoms with Gasteiger partial charge in [0.1, 0.15) is 24.4 Å². The van der Waals surface area contributed by atoms with Crippen LogP contribution in [0.4, 0.5) is 10.5 Å². The molecular formula is C20H16ClN3O4. The Labute approximate surface area is 165 Å². The number of rotatable bonds is 6. The minimum absolute atomic E-state index is 0.0610. The zero-order chi connectivity index (χ0) is 19.9. The van der Waals surface area contributed by atoms with Gasteiger partial charge < -0.3 is 9.53 Å². The molecule has 0 saturated heterocycles. The molecule has 0 aliphatic rings. The van der Waals surface area contributed by atoms with Crippen LogP contribution in [0.5, 0.6) is 0 Å². The second-order valence-corrected chi connectivity index (χ2v) is 6.21. The van der Waals surface area contributed by atoms with Crippen molar-refractivity contribution in [3.05, 3.63) is 81.7 Å². The summed E-state index contributed by atoms with van der Waals surface area (Å²) in [5.41, 5.74) is 0.773. The topological polar surface area (TPSA) is 90.3 Å². The van der Waals surface area contributed by atoms with Crippen LogP contribution in [0.3, 0.4) is 0 Å². The van der Waals surface area contributed by atoms with Crippen LogP contribution < -0.4 is 10.9 Å². The Kier molecular flexibility index (Phi) is 6.18. The first-order chi connectivity index (χ1) is 13.6. The molecule has 0 saturated carbocycles. The van der Waals surface area contributed by atoms with E-state index >= 15 is 0 Å². The number of carbonyl (C=O) groups excluding carboxylic acids is 2. The van der Waals surface area contributed by atoms with Crippen LogP contribution in [-0.2, 0) is 22.7 Å². The fourth-order valence-electron chi connectivity index (χ4n) is 2.52. The molecule has 1 N–H and O–H groups in total. The molecule has 28 heavy (non-hydrogen) atoms. The highest BCUT2D eigenvalue weighted by Crippen LogP contribution is 2.19. The molecule has 3 aromatic rings. The average Bonchev–Trinajstić information content (AvgIpc) is 2.71. The standard InChI is InChI=1S/C20H16ClN3O4/c21-16-8-6-15(7-9-16)18-22-12-17(19(26)24(18)10-11-25)23-20(27)28-13-14-4-2-1-3-5-14/h1-9,11-12H,10,13H2,(H,23,27). The minimum atomic E-state index is -0.792.